The molecule has 0 spiro atoms. The lowest BCUT2D eigenvalue weighted by molar-refractivity contribution is 0.443. The van der Waals surface area contributed by atoms with E-state index in [9.17, 15) is 0 Å². The van der Waals surface area contributed by atoms with Gasteiger partial charge in [0.25, 0.3) is 0 Å². The minimum atomic E-state index is -0.0824. The van der Waals surface area contributed by atoms with Crippen LogP contribution in [0.15, 0.2) is 48.6 Å². The predicted octanol–water partition coefficient (Wildman–Crippen LogP) is 3.25. The average Bonchev–Trinajstić information content (AvgIpc) is 2.07. The van der Waals surface area contributed by atoms with Crippen molar-refractivity contribution in [1.29, 1.82) is 0 Å². The van der Waals surface area contributed by atoms with E-state index in [1.54, 1.807) is 0 Å². The van der Waals surface area contributed by atoms with Crippen molar-refractivity contribution < 1.29 is 1.37 Å². The quantitative estimate of drug-likeness (QED) is 0.509. The summed E-state index contributed by atoms with van der Waals surface area (Å²) in [4.78, 5) is 0. The SMILES string of the molecule is [2H][C@@H]1CC2C(=C)C(=C)C1C(=C)C2=C. The van der Waals surface area contributed by atoms with E-state index in [2.05, 4.69) is 26.3 Å². The summed E-state index contributed by atoms with van der Waals surface area (Å²) in [6.07, 6.45) is 0.765. The van der Waals surface area contributed by atoms with Crippen LogP contribution in [0.4, 0.5) is 0 Å². The van der Waals surface area contributed by atoms with Crippen LogP contribution in [0.25, 0.3) is 0 Å². The summed E-state index contributed by atoms with van der Waals surface area (Å²) in [6.45, 7) is 16.0. The molecule has 0 heterocycles. The van der Waals surface area contributed by atoms with Crippen LogP contribution in [-0.4, -0.2) is 0 Å². The molecule has 0 N–H and O–H groups in total. The van der Waals surface area contributed by atoms with Gasteiger partial charge in [0.1, 0.15) is 0 Å². The van der Waals surface area contributed by atoms with Crippen LogP contribution >= 0.6 is 0 Å². The fourth-order valence-electron chi connectivity index (χ4n) is 2.11. The highest BCUT2D eigenvalue weighted by atomic mass is 14.4. The molecule has 0 aromatic carbocycles. The highest BCUT2D eigenvalue weighted by Crippen LogP contribution is 2.51. The van der Waals surface area contributed by atoms with Crippen molar-refractivity contribution in [2.45, 2.75) is 12.8 Å². The molecule has 3 aliphatic carbocycles. The van der Waals surface area contributed by atoms with E-state index in [0.29, 0.717) is 0 Å². The van der Waals surface area contributed by atoms with Gasteiger partial charge in [-0.3, -0.25) is 0 Å². The molecule has 3 saturated carbocycles. The predicted molar refractivity (Wildman–Crippen MR) is 52.8 cm³/mol. The molecule has 0 saturated heterocycles. The molecular weight excluding hydrogens is 144 g/mol. The van der Waals surface area contributed by atoms with Crippen molar-refractivity contribution in [1.82, 2.24) is 0 Å². The molecule has 0 heteroatoms. The maximum absolute atomic E-state index is 7.90. The van der Waals surface area contributed by atoms with Gasteiger partial charge in [0.05, 0.1) is 0 Å². The van der Waals surface area contributed by atoms with Crippen LogP contribution in [0, 0.1) is 11.8 Å². The van der Waals surface area contributed by atoms with Crippen molar-refractivity contribution >= 4 is 0 Å². The van der Waals surface area contributed by atoms with Crippen LogP contribution in [0.3, 0.4) is 0 Å². The first-order valence-electron chi connectivity index (χ1n) is 4.80. The van der Waals surface area contributed by atoms with Crippen molar-refractivity contribution in [3.05, 3.63) is 48.6 Å². The van der Waals surface area contributed by atoms with Gasteiger partial charge in [-0.25, -0.2) is 0 Å². The number of allylic oxidation sites excluding steroid dienone is 4. The molecule has 62 valence electrons. The first-order chi connectivity index (χ1) is 6.04. The normalized spacial score (nSPS) is 42.0. The van der Waals surface area contributed by atoms with Gasteiger partial charge < -0.3 is 0 Å². The van der Waals surface area contributed by atoms with E-state index >= 15 is 0 Å². The molecule has 3 fully saturated rings. The van der Waals surface area contributed by atoms with Crippen molar-refractivity contribution in [2.24, 2.45) is 11.8 Å². The summed E-state index contributed by atoms with van der Waals surface area (Å²) in [6, 6.07) is 0. The Morgan fingerprint density at radius 1 is 0.917 bits per heavy atom. The van der Waals surface area contributed by atoms with Gasteiger partial charge in [-0.05, 0) is 35.1 Å². The molecule has 0 unspecified atom stereocenters. The van der Waals surface area contributed by atoms with Crippen molar-refractivity contribution in [3.8, 4) is 0 Å². The largest absolute Gasteiger partial charge is 0.0949 e. The molecule has 0 nitrogen and oxygen atoms in total. The molecule has 0 amide bonds. The zero-order valence-corrected chi connectivity index (χ0v) is 7.27. The molecule has 1 atom stereocenters. The van der Waals surface area contributed by atoms with Gasteiger partial charge in [0.2, 0.25) is 0 Å². The second-order valence-corrected chi connectivity index (χ2v) is 3.60. The lowest BCUT2D eigenvalue weighted by atomic mass is 9.61. The van der Waals surface area contributed by atoms with Crippen LogP contribution in [0.1, 0.15) is 14.2 Å². The van der Waals surface area contributed by atoms with Crippen LogP contribution in [-0.2, 0) is 0 Å². The first kappa shape index (κ1) is 6.47. The second kappa shape index (κ2) is 2.22. The summed E-state index contributed by atoms with van der Waals surface area (Å²) in [7, 11) is 0. The summed E-state index contributed by atoms with van der Waals surface area (Å²) in [5.74, 6) is 0.331. The van der Waals surface area contributed by atoms with E-state index in [1.807, 2.05) is 0 Å². The van der Waals surface area contributed by atoms with E-state index < -0.39 is 0 Å². The fraction of sp³-hybridized carbons (Fsp3) is 0.333. The molecule has 2 bridgehead atoms. The molecule has 3 rings (SSSR count). The Labute approximate surface area is 75.4 Å². The van der Waals surface area contributed by atoms with Gasteiger partial charge in [0.15, 0.2) is 0 Å². The number of fused-ring (bicyclic) bond motifs is 3. The Morgan fingerprint density at radius 3 is 1.75 bits per heavy atom. The highest BCUT2D eigenvalue weighted by molar-refractivity contribution is 5.54. The van der Waals surface area contributed by atoms with E-state index in [-0.39, 0.29) is 18.2 Å². The van der Waals surface area contributed by atoms with Gasteiger partial charge in [-0.1, -0.05) is 26.3 Å². The fourth-order valence-corrected chi connectivity index (χ4v) is 2.11. The van der Waals surface area contributed by atoms with Crippen LogP contribution < -0.4 is 0 Å². The standard InChI is InChI=1S/C12H14/c1-7-8(2)12-6-5-11(7)9(3)10(12)4/h11-12H,1-6H2/i5D/t5-,11?,12?/m1/s1. The third-order valence-electron chi connectivity index (χ3n) is 3.02. The number of rotatable bonds is 0. The Morgan fingerprint density at radius 2 is 1.33 bits per heavy atom. The summed E-state index contributed by atoms with van der Waals surface area (Å²) in [5.41, 5.74) is 4.17. The highest BCUT2D eigenvalue weighted by Gasteiger charge is 2.38. The lowest BCUT2D eigenvalue weighted by Gasteiger charge is -2.43. The maximum atomic E-state index is 7.90. The topological polar surface area (TPSA) is 0 Å². The van der Waals surface area contributed by atoms with Gasteiger partial charge >= 0.3 is 0 Å². The number of hydrogen-bond acceptors (Lipinski definition) is 0. The number of hydrogen-bond donors (Lipinski definition) is 0. The summed E-state index contributed by atoms with van der Waals surface area (Å²) >= 11 is 0. The Balaban J connectivity index is 2.50. The Bertz CT molecular complexity index is 307. The Kier molecular flexibility index (Phi) is 1.20. The summed E-state index contributed by atoms with van der Waals surface area (Å²) in [5, 5.41) is 0. The molecule has 0 aromatic rings. The minimum absolute atomic E-state index is 0.0824. The van der Waals surface area contributed by atoms with Crippen LogP contribution in [0.5, 0.6) is 0 Å². The van der Waals surface area contributed by atoms with Gasteiger partial charge in [-0.15, -0.1) is 0 Å². The molecule has 0 radical (unpaired) electrons. The Hall–Kier alpha value is -1.04. The van der Waals surface area contributed by atoms with E-state index in [1.165, 1.54) is 0 Å². The smallest absolute Gasteiger partial charge is 0.0277 e. The molecule has 0 aromatic heterocycles. The average molecular weight is 159 g/mol. The third kappa shape index (κ3) is 0.726. The van der Waals surface area contributed by atoms with Gasteiger partial charge in [0, 0.05) is 13.2 Å². The lowest BCUT2D eigenvalue weighted by Crippen LogP contribution is -2.30. The van der Waals surface area contributed by atoms with Crippen LogP contribution in [0.2, 0.25) is 0 Å². The van der Waals surface area contributed by atoms with E-state index in [0.717, 1.165) is 28.7 Å². The maximum Gasteiger partial charge on any atom is 0.0277 e. The van der Waals surface area contributed by atoms with E-state index in [4.69, 9.17) is 1.37 Å². The molecular formula is C12H14. The van der Waals surface area contributed by atoms with Crippen molar-refractivity contribution in [3.63, 3.8) is 0 Å². The monoisotopic (exact) mass is 159 g/mol. The third-order valence-corrected chi connectivity index (χ3v) is 3.02. The van der Waals surface area contributed by atoms with Crippen molar-refractivity contribution in [2.75, 3.05) is 0 Å². The molecule has 0 aliphatic heterocycles. The summed E-state index contributed by atoms with van der Waals surface area (Å²) < 4.78 is 7.90. The first-order valence-corrected chi connectivity index (χ1v) is 4.22. The second-order valence-electron chi connectivity index (χ2n) is 3.60. The zero-order valence-electron chi connectivity index (χ0n) is 8.27. The molecule has 3 aliphatic rings. The molecule has 12 heavy (non-hydrogen) atoms. The minimum Gasteiger partial charge on any atom is -0.0949 e. The van der Waals surface area contributed by atoms with Gasteiger partial charge in [-0.2, -0.15) is 0 Å². The zero-order chi connectivity index (χ0) is 9.75.